The van der Waals surface area contributed by atoms with E-state index in [0.29, 0.717) is 19.1 Å². The minimum Gasteiger partial charge on any atom is -0.494 e. The van der Waals surface area contributed by atoms with E-state index < -0.39 is 19.1 Å². The molecule has 0 aliphatic rings. The summed E-state index contributed by atoms with van der Waals surface area (Å²) in [5.74, 6) is -1.68. The Hall–Kier alpha value is -1.20. The highest BCUT2D eigenvalue weighted by atomic mass is 19.3. The molecule has 0 saturated heterocycles. The number of aliphatic hydroxyl groups is 1. The second-order valence-corrected chi connectivity index (χ2v) is 5.29. The summed E-state index contributed by atoms with van der Waals surface area (Å²) in [5.41, 5.74) is 0.898. The van der Waals surface area contributed by atoms with Crippen LogP contribution in [0.1, 0.15) is 25.8 Å². The van der Waals surface area contributed by atoms with Gasteiger partial charge in [-0.2, -0.15) is 0 Å². The zero-order chi connectivity index (χ0) is 15.0. The Morgan fingerprint density at radius 3 is 2.45 bits per heavy atom. The largest absolute Gasteiger partial charge is 0.494 e. The normalized spacial score (nSPS) is 11.9. The second-order valence-electron chi connectivity index (χ2n) is 5.29. The number of rotatable bonds is 9. The van der Waals surface area contributed by atoms with Crippen LogP contribution in [0.5, 0.6) is 5.75 Å². The Morgan fingerprint density at radius 2 is 1.90 bits per heavy atom. The third-order valence-corrected chi connectivity index (χ3v) is 2.83. The topological polar surface area (TPSA) is 41.5 Å². The quantitative estimate of drug-likeness (QED) is 0.734. The molecule has 0 aliphatic heterocycles. The van der Waals surface area contributed by atoms with E-state index in [9.17, 15) is 8.78 Å². The number of aliphatic hydroxyl groups excluding tert-OH is 1. The highest BCUT2D eigenvalue weighted by Crippen LogP contribution is 2.14. The van der Waals surface area contributed by atoms with Gasteiger partial charge in [0.05, 0.1) is 13.2 Å². The molecule has 0 saturated carbocycles. The van der Waals surface area contributed by atoms with Gasteiger partial charge in [0, 0.05) is 6.54 Å². The van der Waals surface area contributed by atoms with Gasteiger partial charge in [-0.05, 0) is 30.0 Å². The minimum atomic E-state index is -3.07. The molecule has 5 heteroatoms. The fourth-order valence-electron chi connectivity index (χ4n) is 1.56. The third kappa shape index (κ3) is 6.82. The molecule has 0 atom stereocenters. The Balaban J connectivity index is 2.31. The van der Waals surface area contributed by atoms with E-state index in [4.69, 9.17) is 9.84 Å². The summed E-state index contributed by atoms with van der Waals surface area (Å²) in [6.07, 6.45) is 1.000. The minimum absolute atomic E-state index is 0.335. The summed E-state index contributed by atoms with van der Waals surface area (Å²) in [6, 6.07) is 7.35. The summed E-state index contributed by atoms with van der Waals surface area (Å²) >= 11 is 0. The van der Waals surface area contributed by atoms with Crippen molar-refractivity contribution in [3.63, 3.8) is 0 Å². The van der Waals surface area contributed by atoms with Gasteiger partial charge in [0.1, 0.15) is 12.4 Å². The van der Waals surface area contributed by atoms with Crippen molar-refractivity contribution < 1.29 is 18.6 Å². The molecule has 0 aromatic heterocycles. The van der Waals surface area contributed by atoms with Gasteiger partial charge >= 0.3 is 0 Å². The molecule has 1 rings (SSSR count). The lowest BCUT2D eigenvalue weighted by Crippen LogP contribution is -2.35. The molecule has 0 heterocycles. The van der Waals surface area contributed by atoms with E-state index in [-0.39, 0.29) is 0 Å². The van der Waals surface area contributed by atoms with Crippen molar-refractivity contribution in [3.05, 3.63) is 29.8 Å². The van der Waals surface area contributed by atoms with E-state index in [1.807, 2.05) is 24.3 Å². The SMILES string of the molecule is CC(C)CCOc1ccc(CNCC(F)(F)CO)cc1. The average Bonchev–Trinajstić information content (AvgIpc) is 2.40. The van der Waals surface area contributed by atoms with Crippen LogP contribution in [0.3, 0.4) is 0 Å². The molecule has 0 spiro atoms. The van der Waals surface area contributed by atoms with Crippen molar-refractivity contribution >= 4 is 0 Å². The molecule has 1 aromatic carbocycles. The molecule has 0 aliphatic carbocycles. The number of hydrogen-bond donors (Lipinski definition) is 2. The van der Waals surface area contributed by atoms with E-state index in [0.717, 1.165) is 17.7 Å². The van der Waals surface area contributed by atoms with Gasteiger partial charge in [0.2, 0.25) is 0 Å². The van der Waals surface area contributed by atoms with Gasteiger partial charge in [0.25, 0.3) is 5.92 Å². The van der Waals surface area contributed by atoms with Gasteiger partial charge in [0.15, 0.2) is 0 Å². The zero-order valence-electron chi connectivity index (χ0n) is 12.0. The van der Waals surface area contributed by atoms with E-state index in [1.54, 1.807) is 0 Å². The van der Waals surface area contributed by atoms with Gasteiger partial charge in [-0.25, -0.2) is 8.78 Å². The number of halogens is 2. The molecular weight excluding hydrogens is 264 g/mol. The summed E-state index contributed by atoms with van der Waals surface area (Å²) in [5, 5.41) is 11.1. The van der Waals surface area contributed by atoms with Crippen LogP contribution in [0, 0.1) is 5.92 Å². The van der Waals surface area contributed by atoms with E-state index in [2.05, 4.69) is 19.2 Å². The first kappa shape index (κ1) is 16.9. The Bertz CT molecular complexity index is 380. The van der Waals surface area contributed by atoms with Gasteiger partial charge in [-0.1, -0.05) is 26.0 Å². The highest BCUT2D eigenvalue weighted by molar-refractivity contribution is 5.27. The van der Waals surface area contributed by atoms with Crippen molar-refractivity contribution in [3.8, 4) is 5.75 Å². The van der Waals surface area contributed by atoms with Crippen LogP contribution in [0.2, 0.25) is 0 Å². The van der Waals surface area contributed by atoms with E-state index in [1.165, 1.54) is 0 Å². The Labute approximate surface area is 119 Å². The van der Waals surface area contributed by atoms with Crippen molar-refractivity contribution in [1.82, 2.24) is 5.32 Å². The molecule has 0 bridgehead atoms. The molecule has 114 valence electrons. The monoisotopic (exact) mass is 287 g/mol. The molecule has 20 heavy (non-hydrogen) atoms. The van der Waals surface area contributed by atoms with Crippen molar-refractivity contribution in [2.24, 2.45) is 5.92 Å². The fraction of sp³-hybridized carbons (Fsp3) is 0.600. The van der Waals surface area contributed by atoms with Gasteiger partial charge in [-0.15, -0.1) is 0 Å². The van der Waals surface area contributed by atoms with Crippen LogP contribution in [-0.2, 0) is 6.54 Å². The number of nitrogens with one attached hydrogen (secondary N) is 1. The maximum Gasteiger partial charge on any atom is 0.282 e. The van der Waals surface area contributed by atoms with Gasteiger partial charge < -0.3 is 15.2 Å². The fourth-order valence-corrected chi connectivity index (χ4v) is 1.56. The lowest BCUT2D eigenvalue weighted by Gasteiger charge is -2.14. The van der Waals surface area contributed by atoms with Crippen LogP contribution in [-0.4, -0.2) is 30.8 Å². The van der Waals surface area contributed by atoms with Crippen LogP contribution < -0.4 is 10.1 Å². The predicted octanol–water partition coefficient (Wildman–Crippen LogP) is 2.83. The molecule has 0 amide bonds. The smallest absolute Gasteiger partial charge is 0.282 e. The first-order chi connectivity index (χ1) is 9.43. The molecular formula is C15H23F2NO2. The molecule has 1 aromatic rings. The molecule has 0 radical (unpaired) electrons. The van der Waals surface area contributed by atoms with Crippen LogP contribution in [0.4, 0.5) is 8.78 Å². The molecule has 0 fully saturated rings. The summed E-state index contributed by atoms with van der Waals surface area (Å²) in [4.78, 5) is 0. The van der Waals surface area contributed by atoms with Crippen molar-refractivity contribution in [2.75, 3.05) is 19.8 Å². The molecule has 0 unspecified atom stereocenters. The average molecular weight is 287 g/mol. The summed E-state index contributed by atoms with van der Waals surface area (Å²) < 4.78 is 31.2. The van der Waals surface area contributed by atoms with Crippen LogP contribution in [0.25, 0.3) is 0 Å². The summed E-state index contributed by atoms with van der Waals surface area (Å²) in [7, 11) is 0. The summed E-state index contributed by atoms with van der Waals surface area (Å²) in [6.45, 7) is 3.62. The molecule has 3 nitrogen and oxygen atoms in total. The third-order valence-electron chi connectivity index (χ3n) is 2.83. The Kier molecular flexibility index (Phi) is 6.88. The highest BCUT2D eigenvalue weighted by Gasteiger charge is 2.26. The Morgan fingerprint density at radius 1 is 1.25 bits per heavy atom. The van der Waals surface area contributed by atoms with Crippen LogP contribution in [0.15, 0.2) is 24.3 Å². The zero-order valence-corrected chi connectivity index (χ0v) is 12.0. The standard InChI is InChI=1S/C15H23F2NO2/c1-12(2)7-8-20-14-5-3-13(4-6-14)9-18-10-15(16,17)11-19/h3-6,12,18-19H,7-11H2,1-2H3. The predicted molar refractivity (Wildman–Crippen MR) is 75.1 cm³/mol. The number of hydrogen-bond acceptors (Lipinski definition) is 3. The number of ether oxygens (including phenoxy) is 1. The number of benzene rings is 1. The lowest BCUT2D eigenvalue weighted by molar-refractivity contribution is -0.0477. The lowest BCUT2D eigenvalue weighted by atomic mass is 10.1. The maximum absolute atomic E-state index is 12.8. The molecule has 2 N–H and O–H groups in total. The van der Waals surface area contributed by atoms with Crippen LogP contribution >= 0.6 is 0 Å². The number of alkyl halides is 2. The second kappa shape index (κ2) is 8.17. The van der Waals surface area contributed by atoms with Crippen molar-refractivity contribution in [1.29, 1.82) is 0 Å². The van der Waals surface area contributed by atoms with Crippen molar-refractivity contribution in [2.45, 2.75) is 32.7 Å². The first-order valence-electron chi connectivity index (χ1n) is 6.84. The van der Waals surface area contributed by atoms with E-state index >= 15 is 0 Å². The first-order valence-corrected chi connectivity index (χ1v) is 6.84. The van der Waals surface area contributed by atoms with Gasteiger partial charge in [-0.3, -0.25) is 0 Å². The maximum atomic E-state index is 12.8.